The third-order valence-electron chi connectivity index (χ3n) is 4.90. The topological polar surface area (TPSA) is 55.4 Å². The van der Waals surface area contributed by atoms with Crippen LogP contribution in [-0.4, -0.2) is 25.0 Å². The fourth-order valence-corrected chi connectivity index (χ4v) is 4.63. The number of methoxy groups -OCH3 is 1. The summed E-state index contributed by atoms with van der Waals surface area (Å²) < 4.78 is 4.93. The molecule has 4 atom stereocenters. The molecule has 0 aromatic carbocycles. The molecule has 0 unspecified atom stereocenters. The lowest BCUT2D eigenvalue weighted by Gasteiger charge is -2.29. The van der Waals surface area contributed by atoms with Gasteiger partial charge in [0.25, 0.3) is 0 Å². The third-order valence-corrected chi connectivity index (χ3v) is 5.83. The molecule has 0 spiro atoms. The molecular weight excluding hydrogens is 286 g/mol. The van der Waals surface area contributed by atoms with Crippen LogP contribution in [0.15, 0.2) is 17.5 Å². The van der Waals surface area contributed by atoms with Crippen LogP contribution in [0.5, 0.6) is 0 Å². The normalized spacial score (nSPS) is 30.3. The highest BCUT2D eigenvalue weighted by molar-refractivity contribution is 7.09. The number of esters is 1. The standard InChI is InChI=1S/C16H21NO3S/c1-20-16(19)14-10-4-5-11(9-10)15(14)17-13(18)7-6-12-3-2-8-21-12/h2-3,8,10-11,14-15H,4-7,9H2,1H3,(H,17,18)/t10-,11-,14-,15-/m0/s1. The molecule has 2 saturated carbocycles. The second-order valence-electron chi connectivity index (χ2n) is 6.05. The van der Waals surface area contributed by atoms with E-state index in [4.69, 9.17) is 4.74 Å². The molecule has 4 nitrogen and oxygen atoms in total. The van der Waals surface area contributed by atoms with Gasteiger partial charge in [-0.15, -0.1) is 11.3 Å². The lowest BCUT2D eigenvalue weighted by molar-refractivity contribution is -0.148. The summed E-state index contributed by atoms with van der Waals surface area (Å²) in [6.45, 7) is 0. The van der Waals surface area contributed by atoms with Crippen molar-refractivity contribution in [3.8, 4) is 0 Å². The Bertz CT molecular complexity index is 514. The molecule has 0 aliphatic heterocycles. The van der Waals surface area contributed by atoms with Crippen molar-refractivity contribution in [2.45, 2.75) is 38.1 Å². The van der Waals surface area contributed by atoms with Crippen LogP contribution in [0.4, 0.5) is 0 Å². The number of carbonyl (C=O) groups excluding carboxylic acids is 2. The van der Waals surface area contributed by atoms with Crippen molar-refractivity contribution in [2.24, 2.45) is 17.8 Å². The second-order valence-corrected chi connectivity index (χ2v) is 7.09. The zero-order valence-electron chi connectivity index (χ0n) is 12.2. The highest BCUT2D eigenvalue weighted by atomic mass is 32.1. The Balaban J connectivity index is 1.57. The van der Waals surface area contributed by atoms with Crippen molar-refractivity contribution in [1.82, 2.24) is 5.32 Å². The Hall–Kier alpha value is -1.36. The molecule has 21 heavy (non-hydrogen) atoms. The lowest BCUT2D eigenvalue weighted by Crippen LogP contribution is -2.47. The molecule has 5 heteroatoms. The van der Waals surface area contributed by atoms with Crippen LogP contribution in [0.25, 0.3) is 0 Å². The van der Waals surface area contributed by atoms with Gasteiger partial charge in [-0.1, -0.05) is 6.07 Å². The Morgan fingerprint density at radius 3 is 2.90 bits per heavy atom. The molecule has 1 aromatic rings. The van der Waals surface area contributed by atoms with Crippen molar-refractivity contribution in [2.75, 3.05) is 7.11 Å². The lowest BCUT2D eigenvalue weighted by atomic mass is 9.84. The van der Waals surface area contributed by atoms with Gasteiger partial charge >= 0.3 is 5.97 Å². The summed E-state index contributed by atoms with van der Waals surface area (Å²) in [4.78, 5) is 25.4. The summed E-state index contributed by atoms with van der Waals surface area (Å²) in [6, 6.07) is 4.03. The monoisotopic (exact) mass is 307 g/mol. The molecule has 2 fully saturated rings. The van der Waals surface area contributed by atoms with Gasteiger partial charge in [0.05, 0.1) is 13.0 Å². The number of amides is 1. The summed E-state index contributed by atoms with van der Waals surface area (Å²) in [5.41, 5.74) is 0. The van der Waals surface area contributed by atoms with E-state index in [1.54, 1.807) is 11.3 Å². The molecule has 0 radical (unpaired) electrons. The fourth-order valence-electron chi connectivity index (χ4n) is 3.92. The maximum atomic E-state index is 12.2. The molecule has 1 aromatic heterocycles. The average molecular weight is 307 g/mol. The predicted octanol–water partition coefficient (Wildman–Crippen LogP) is 2.38. The van der Waals surface area contributed by atoms with Crippen LogP contribution in [-0.2, 0) is 20.7 Å². The number of nitrogens with one attached hydrogen (secondary N) is 1. The first-order valence-corrected chi connectivity index (χ1v) is 8.46. The Kier molecular flexibility index (Phi) is 4.29. The number of ether oxygens (including phenoxy) is 1. The first kappa shape index (κ1) is 14.6. The van der Waals surface area contributed by atoms with Crippen molar-refractivity contribution in [3.05, 3.63) is 22.4 Å². The molecule has 3 rings (SSSR count). The van der Waals surface area contributed by atoms with Crippen LogP contribution >= 0.6 is 11.3 Å². The van der Waals surface area contributed by atoms with E-state index in [0.29, 0.717) is 18.3 Å². The van der Waals surface area contributed by atoms with Crippen molar-refractivity contribution < 1.29 is 14.3 Å². The number of hydrogen-bond donors (Lipinski definition) is 1. The van der Waals surface area contributed by atoms with Gasteiger partial charge in [0.2, 0.25) is 5.91 Å². The molecule has 0 saturated heterocycles. The summed E-state index contributed by atoms with van der Waals surface area (Å²) in [5.74, 6) is 0.592. The number of carbonyl (C=O) groups is 2. The van der Waals surface area contributed by atoms with E-state index >= 15 is 0 Å². The zero-order valence-corrected chi connectivity index (χ0v) is 13.0. The van der Waals surface area contributed by atoms with Gasteiger partial charge < -0.3 is 10.1 Å². The van der Waals surface area contributed by atoms with E-state index in [-0.39, 0.29) is 23.8 Å². The summed E-state index contributed by atoms with van der Waals surface area (Å²) in [6.07, 6.45) is 4.52. The van der Waals surface area contributed by atoms with Crippen molar-refractivity contribution in [1.29, 1.82) is 0 Å². The molecule has 2 aliphatic rings. The average Bonchev–Trinajstić information content (AvgIpc) is 3.21. The number of aryl methyl sites for hydroxylation is 1. The van der Waals surface area contributed by atoms with E-state index in [9.17, 15) is 9.59 Å². The maximum absolute atomic E-state index is 12.2. The highest BCUT2D eigenvalue weighted by Crippen LogP contribution is 2.48. The first-order valence-electron chi connectivity index (χ1n) is 7.58. The first-order chi connectivity index (χ1) is 10.2. The minimum absolute atomic E-state index is 0.0213. The Morgan fingerprint density at radius 1 is 1.38 bits per heavy atom. The summed E-state index contributed by atoms with van der Waals surface area (Å²) in [5, 5.41) is 5.13. The van der Waals surface area contributed by atoms with E-state index in [1.165, 1.54) is 12.0 Å². The Labute approximate surface area is 128 Å². The van der Waals surface area contributed by atoms with Gasteiger partial charge in [0.15, 0.2) is 0 Å². The van der Waals surface area contributed by atoms with Gasteiger partial charge in [-0.25, -0.2) is 0 Å². The minimum atomic E-state index is -0.161. The minimum Gasteiger partial charge on any atom is -0.469 e. The molecule has 1 amide bonds. The number of thiophene rings is 1. The van der Waals surface area contributed by atoms with E-state index in [2.05, 4.69) is 5.32 Å². The van der Waals surface area contributed by atoms with E-state index in [1.807, 2.05) is 17.5 Å². The van der Waals surface area contributed by atoms with Crippen molar-refractivity contribution in [3.63, 3.8) is 0 Å². The van der Waals surface area contributed by atoms with Gasteiger partial charge in [-0.05, 0) is 49.0 Å². The van der Waals surface area contributed by atoms with Gasteiger partial charge in [-0.3, -0.25) is 9.59 Å². The van der Waals surface area contributed by atoms with Crippen LogP contribution in [0.2, 0.25) is 0 Å². The highest BCUT2D eigenvalue weighted by Gasteiger charge is 2.51. The quantitative estimate of drug-likeness (QED) is 0.850. The van der Waals surface area contributed by atoms with Crippen LogP contribution in [0.3, 0.4) is 0 Å². The number of fused-ring (bicyclic) bond motifs is 2. The number of hydrogen-bond acceptors (Lipinski definition) is 4. The fraction of sp³-hybridized carbons (Fsp3) is 0.625. The second kappa shape index (κ2) is 6.18. The molecule has 1 N–H and O–H groups in total. The van der Waals surface area contributed by atoms with Gasteiger partial charge in [-0.2, -0.15) is 0 Å². The molecule has 2 bridgehead atoms. The Morgan fingerprint density at radius 2 is 2.19 bits per heavy atom. The summed E-state index contributed by atoms with van der Waals surface area (Å²) >= 11 is 1.67. The van der Waals surface area contributed by atoms with Gasteiger partial charge in [0, 0.05) is 17.3 Å². The molecule has 2 aliphatic carbocycles. The molecule has 114 valence electrons. The van der Waals surface area contributed by atoms with E-state index in [0.717, 1.165) is 25.7 Å². The summed E-state index contributed by atoms with van der Waals surface area (Å²) in [7, 11) is 1.43. The molecular formula is C16H21NO3S. The number of rotatable bonds is 5. The van der Waals surface area contributed by atoms with Crippen LogP contribution in [0.1, 0.15) is 30.6 Å². The smallest absolute Gasteiger partial charge is 0.311 e. The molecule has 1 heterocycles. The van der Waals surface area contributed by atoms with Crippen LogP contribution in [0, 0.1) is 17.8 Å². The zero-order chi connectivity index (χ0) is 14.8. The van der Waals surface area contributed by atoms with Gasteiger partial charge in [0.1, 0.15) is 0 Å². The van der Waals surface area contributed by atoms with Crippen molar-refractivity contribution >= 4 is 23.2 Å². The SMILES string of the molecule is COC(=O)[C@H]1[C@H]2CC[C@@H](C2)[C@@H]1NC(=O)CCc1cccs1. The van der Waals surface area contributed by atoms with Crippen LogP contribution < -0.4 is 5.32 Å². The maximum Gasteiger partial charge on any atom is 0.311 e. The van der Waals surface area contributed by atoms with E-state index < -0.39 is 0 Å². The largest absolute Gasteiger partial charge is 0.469 e. The third kappa shape index (κ3) is 2.98. The predicted molar refractivity (Wildman–Crippen MR) is 80.9 cm³/mol.